The normalized spacial score (nSPS) is 11.1. The molecule has 1 heterocycles. The molecule has 0 radical (unpaired) electrons. The van der Waals surface area contributed by atoms with Crippen LogP contribution in [0, 0.1) is 0 Å². The van der Waals surface area contributed by atoms with E-state index in [2.05, 4.69) is 10.6 Å². The van der Waals surface area contributed by atoms with E-state index in [9.17, 15) is 22.8 Å². The van der Waals surface area contributed by atoms with Gasteiger partial charge in [0.15, 0.2) is 0 Å². The Balaban J connectivity index is 1.71. The molecule has 0 aliphatic heterocycles. The highest BCUT2D eigenvalue weighted by Crippen LogP contribution is 2.34. The Morgan fingerprint density at radius 1 is 0.815 bits per heavy atom. The van der Waals surface area contributed by atoms with Crippen molar-refractivity contribution in [3.8, 4) is 0 Å². The average Bonchev–Trinajstić information content (AvgIpc) is 3.16. The summed E-state index contributed by atoms with van der Waals surface area (Å²) in [6, 6.07) is 14.1. The first-order valence-electron chi connectivity index (χ1n) is 7.77. The molecule has 4 nitrogen and oxygen atoms in total. The van der Waals surface area contributed by atoms with Crippen LogP contribution in [0.2, 0.25) is 0 Å². The Morgan fingerprint density at radius 3 is 2.15 bits per heavy atom. The molecule has 0 aliphatic rings. The van der Waals surface area contributed by atoms with Crippen LogP contribution in [0.15, 0.2) is 66.0 Å². The number of carbonyl (C=O) groups excluding carboxylic acids is 2. The topological polar surface area (TPSA) is 58.2 Å². The third kappa shape index (κ3) is 4.53. The van der Waals surface area contributed by atoms with E-state index in [1.165, 1.54) is 53.8 Å². The first-order chi connectivity index (χ1) is 12.8. The van der Waals surface area contributed by atoms with Gasteiger partial charge in [-0.05, 0) is 47.8 Å². The molecule has 2 amide bonds. The summed E-state index contributed by atoms with van der Waals surface area (Å²) in [5.74, 6) is -0.955. The summed E-state index contributed by atoms with van der Waals surface area (Å²) in [6.45, 7) is 0. The van der Waals surface area contributed by atoms with Gasteiger partial charge >= 0.3 is 6.18 Å². The summed E-state index contributed by atoms with van der Waals surface area (Å²) < 4.78 is 39.0. The molecule has 3 rings (SSSR count). The number of rotatable bonds is 4. The van der Waals surface area contributed by atoms with Gasteiger partial charge in [0.25, 0.3) is 11.8 Å². The highest BCUT2D eigenvalue weighted by molar-refractivity contribution is 7.12. The Hall–Kier alpha value is -3.13. The lowest BCUT2D eigenvalue weighted by Gasteiger charge is -2.13. The Labute approximate surface area is 156 Å². The highest BCUT2D eigenvalue weighted by atomic mass is 32.1. The molecule has 2 N–H and O–H groups in total. The monoisotopic (exact) mass is 390 g/mol. The van der Waals surface area contributed by atoms with E-state index in [0.717, 1.165) is 6.07 Å². The maximum atomic E-state index is 13.0. The molecule has 0 fully saturated rings. The fourth-order valence-electron chi connectivity index (χ4n) is 2.34. The maximum Gasteiger partial charge on any atom is 0.418 e. The molecule has 0 bridgehead atoms. The number of halogens is 3. The number of alkyl halides is 3. The standard InChI is InChI=1S/C19H13F3N2O2S/c20-19(21,22)14-4-1-2-5-15(14)24-17(25)12-7-9-13(10-8-12)23-18(26)16-6-3-11-27-16/h1-11H,(H,23,26)(H,24,25). The minimum atomic E-state index is -4.57. The fraction of sp³-hybridized carbons (Fsp3) is 0.0526. The first kappa shape index (κ1) is 18.7. The predicted molar refractivity (Wildman–Crippen MR) is 98.1 cm³/mol. The van der Waals surface area contributed by atoms with E-state index in [0.29, 0.717) is 10.6 Å². The van der Waals surface area contributed by atoms with Crippen LogP contribution in [0.25, 0.3) is 0 Å². The van der Waals surface area contributed by atoms with Crippen molar-refractivity contribution in [3.05, 3.63) is 82.0 Å². The average molecular weight is 390 g/mol. The number of benzene rings is 2. The van der Waals surface area contributed by atoms with Gasteiger partial charge in [-0.3, -0.25) is 9.59 Å². The second-order valence-corrected chi connectivity index (χ2v) is 6.45. The first-order valence-corrected chi connectivity index (χ1v) is 8.65. The van der Waals surface area contributed by atoms with Gasteiger partial charge in [-0.2, -0.15) is 13.2 Å². The molecule has 0 spiro atoms. The van der Waals surface area contributed by atoms with Crippen molar-refractivity contribution in [2.45, 2.75) is 6.18 Å². The van der Waals surface area contributed by atoms with Gasteiger partial charge in [-0.1, -0.05) is 18.2 Å². The summed E-state index contributed by atoms with van der Waals surface area (Å²) >= 11 is 1.29. The van der Waals surface area contributed by atoms with Gasteiger partial charge in [0.05, 0.1) is 16.1 Å². The number of carbonyl (C=O) groups is 2. The zero-order valence-electron chi connectivity index (χ0n) is 13.7. The van der Waals surface area contributed by atoms with Crippen molar-refractivity contribution in [2.24, 2.45) is 0 Å². The molecule has 27 heavy (non-hydrogen) atoms. The largest absolute Gasteiger partial charge is 0.418 e. The quantitative estimate of drug-likeness (QED) is 0.637. The summed E-state index contributed by atoms with van der Waals surface area (Å²) in [6.07, 6.45) is -4.57. The van der Waals surface area contributed by atoms with E-state index >= 15 is 0 Å². The van der Waals surface area contributed by atoms with Crippen molar-refractivity contribution in [2.75, 3.05) is 10.6 Å². The summed E-state index contributed by atoms with van der Waals surface area (Å²) in [5.41, 5.74) is -0.593. The van der Waals surface area contributed by atoms with Gasteiger partial charge in [0.2, 0.25) is 0 Å². The third-order valence-corrected chi connectivity index (χ3v) is 4.50. The van der Waals surface area contributed by atoms with E-state index in [4.69, 9.17) is 0 Å². The second kappa shape index (κ2) is 7.63. The SMILES string of the molecule is O=C(Nc1ccccc1C(F)(F)F)c1ccc(NC(=O)c2cccs2)cc1. The van der Waals surface area contributed by atoms with E-state index < -0.39 is 17.6 Å². The summed E-state index contributed by atoms with van der Waals surface area (Å²) in [5, 5.41) is 6.73. The van der Waals surface area contributed by atoms with Crippen LogP contribution in [0.5, 0.6) is 0 Å². The number of anilines is 2. The number of para-hydroxylation sites is 1. The number of thiophene rings is 1. The molecule has 3 aromatic rings. The van der Waals surface area contributed by atoms with Gasteiger partial charge in [0.1, 0.15) is 0 Å². The van der Waals surface area contributed by atoms with Gasteiger partial charge in [-0.25, -0.2) is 0 Å². The lowest BCUT2D eigenvalue weighted by Crippen LogP contribution is -2.16. The maximum absolute atomic E-state index is 13.0. The molecular weight excluding hydrogens is 377 g/mol. The fourth-order valence-corrected chi connectivity index (χ4v) is 2.96. The summed E-state index contributed by atoms with van der Waals surface area (Å²) in [7, 11) is 0. The van der Waals surface area contributed by atoms with Crippen LogP contribution >= 0.6 is 11.3 Å². The predicted octanol–water partition coefficient (Wildman–Crippen LogP) is 5.27. The van der Waals surface area contributed by atoms with Crippen molar-refractivity contribution in [1.29, 1.82) is 0 Å². The number of amides is 2. The minimum absolute atomic E-state index is 0.168. The van der Waals surface area contributed by atoms with Crippen molar-refractivity contribution in [3.63, 3.8) is 0 Å². The molecule has 0 unspecified atom stereocenters. The lowest BCUT2D eigenvalue weighted by atomic mass is 10.1. The Morgan fingerprint density at radius 2 is 1.52 bits per heavy atom. The van der Waals surface area contributed by atoms with Crippen molar-refractivity contribution >= 4 is 34.5 Å². The molecule has 2 aromatic carbocycles. The smallest absolute Gasteiger partial charge is 0.321 e. The number of hydrogen-bond donors (Lipinski definition) is 2. The van der Waals surface area contributed by atoms with Gasteiger partial charge in [-0.15, -0.1) is 11.3 Å². The lowest BCUT2D eigenvalue weighted by molar-refractivity contribution is -0.136. The molecule has 0 aliphatic carbocycles. The highest BCUT2D eigenvalue weighted by Gasteiger charge is 2.33. The molecule has 8 heteroatoms. The zero-order chi connectivity index (χ0) is 19.4. The van der Waals surface area contributed by atoms with Gasteiger partial charge < -0.3 is 10.6 Å². The van der Waals surface area contributed by atoms with E-state index in [1.807, 2.05) is 0 Å². The number of hydrogen-bond acceptors (Lipinski definition) is 3. The van der Waals surface area contributed by atoms with Crippen LogP contribution in [0.1, 0.15) is 25.6 Å². The van der Waals surface area contributed by atoms with Crippen LogP contribution in [0.3, 0.4) is 0 Å². The minimum Gasteiger partial charge on any atom is -0.321 e. The van der Waals surface area contributed by atoms with E-state index in [-0.39, 0.29) is 17.2 Å². The Kier molecular flexibility index (Phi) is 5.27. The second-order valence-electron chi connectivity index (χ2n) is 5.51. The molecule has 0 saturated carbocycles. The molecule has 0 atom stereocenters. The van der Waals surface area contributed by atoms with Crippen LogP contribution < -0.4 is 10.6 Å². The van der Waals surface area contributed by atoms with E-state index in [1.54, 1.807) is 17.5 Å². The zero-order valence-corrected chi connectivity index (χ0v) is 14.5. The summed E-state index contributed by atoms with van der Waals surface area (Å²) in [4.78, 5) is 24.8. The molecule has 138 valence electrons. The molecule has 1 aromatic heterocycles. The van der Waals surface area contributed by atoms with Crippen LogP contribution in [0.4, 0.5) is 24.5 Å². The van der Waals surface area contributed by atoms with Crippen molar-refractivity contribution < 1.29 is 22.8 Å². The molecular formula is C19H13F3N2O2S. The Bertz CT molecular complexity index is 952. The van der Waals surface area contributed by atoms with Gasteiger partial charge in [0, 0.05) is 11.3 Å². The van der Waals surface area contributed by atoms with Crippen LogP contribution in [-0.2, 0) is 6.18 Å². The van der Waals surface area contributed by atoms with Crippen molar-refractivity contribution in [1.82, 2.24) is 0 Å². The third-order valence-electron chi connectivity index (χ3n) is 3.63. The number of nitrogens with one attached hydrogen (secondary N) is 2. The molecule has 0 saturated heterocycles. The van der Waals surface area contributed by atoms with Crippen LogP contribution in [-0.4, -0.2) is 11.8 Å².